The predicted octanol–water partition coefficient (Wildman–Crippen LogP) is 2.58. The van der Waals surface area contributed by atoms with Crippen LogP contribution in [0.3, 0.4) is 0 Å². The van der Waals surface area contributed by atoms with Crippen molar-refractivity contribution in [2.75, 3.05) is 0 Å². The number of alkyl halides is 2. The van der Waals surface area contributed by atoms with Crippen molar-refractivity contribution in [2.45, 2.75) is 51.1 Å². The third-order valence-electron chi connectivity index (χ3n) is 2.42. The number of halogens is 2. The van der Waals surface area contributed by atoms with Gasteiger partial charge in [0.25, 0.3) is 0 Å². The van der Waals surface area contributed by atoms with E-state index in [1.807, 2.05) is 0 Å². The summed E-state index contributed by atoms with van der Waals surface area (Å²) < 4.78 is 25.6. The molecule has 3 heteroatoms. The third kappa shape index (κ3) is 3.05. The van der Waals surface area contributed by atoms with Gasteiger partial charge in [0.05, 0.1) is 6.10 Å². The van der Waals surface area contributed by atoms with Gasteiger partial charge in [-0.2, -0.15) is 0 Å². The maximum Gasteiger partial charge on any atom is 0.248 e. The summed E-state index contributed by atoms with van der Waals surface area (Å²) in [6.07, 6.45) is 1.53. The normalized spacial score (nSPS) is 31.5. The lowest BCUT2D eigenvalue weighted by Crippen LogP contribution is -2.27. The summed E-state index contributed by atoms with van der Waals surface area (Å²) >= 11 is 0. The van der Waals surface area contributed by atoms with Gasteiger partial charge < -0.3 is 5.11 Å². The van der Waals surface area contributed by atoms with E-state index in [4.69, 9.17) is 5.11 Å². The Balaban J connectivity index is 2.36. The Labute approximate surface area is 71.8 Å². The summed E-state index contributed by atoms with van der Waals surface area (Å²) in [5.74, 6) is -2.45. The van der Waals surface area contributed by atoms with E-state index in [0.29, 0.717) is 12.8 Å². The molecule has 1 aliphatic carbocycles. The van der Waals surface area contributed by atoms with Crippen molar-refractivity contribution >= 4 is 0 Å². The smallest absolute Gasteiger partial charge is 0.248 e. The quantitative estimate of drug-likeness (QED) is 0.689. The molecule has 72 valence electrons. The van der Waals surface area contributed by atoms with Crippen LogP contribution in [0, 0.1) is 5.92 Å². The molecule has 0 aromatic carbocycles. The van der Waals surface area contributed by atoms with Gasteiger partial charge in [-0.1, -0.05) is 0 Å². The fourth-order valence-electron chi connectivity index (χ4n) is 1.96. The predicted molar refractivity (Wildman–Crippen MR) is 43.2 cm³/mol. The lowest BCUT2D eigenvalue weighted by atomic mass is 9.83. The molecule has 0 spiro atoms. The first-order chi connectivity index (χ1) is 5.49. The Morgan fingerprint density at radius 1 is 1.58 bits per heavy atom. The molecular weight excluding hydrogens is 162 g/mol. The van der Waals surface area contributed by atoms with Crippen LogP contribution >= 0.6 is 0 Å². The maximum atomic E-state index is 12.8. The first-order valence-electron chi connectivity index (χ1n) is 4.55. The zero-order valence-corrected chi connectivity index (χ0v) is 7.39. The van der Waals surface area contributed by atoms with Crippen molar-refractivity contribution in [3.8, 4) is 0 Å². The van der Waals surface area contributed by atoms with Crippen molar-refractivity contribution in [1.82, 2.24) is 0 Å². The zero-order chi connectivity index (χ0) is 9.19. The van der Waals surface area contributed by atoms with Gasteiger partial charge in [0.15, 0.2) is 0 Å². The number of rotatable bonds is 2. The van der Waals surface area contributed by atoms with E-state index >= 15 is 0 Å². The van der Waals surface area contributed by atoms with Crippen LogP contribution in [-0.4, -0.2) is 17.1 Å². The molecular formula is C9H16F2O. The van der Waals surface area contributed by atoms with Crippen LogP contribution in [0.5, 0.6) is 0 Å². The van der Waals surface area contributed by atoms with Gasteiger partial charge >= 0.3 is 0 Å². The Morgan fingerprint density at radius 3 is 2.75 bits per heavy atom. The lowest BCUT2D eigenvalue weighted by molar-refractivity contribution is -0.0581. The summed E-state index contributed by atoms with van der Waals surface area (Å²) in [6.45, 7) is 1.66. The zero-order valence-electron chi connectivity index (χ0n) is 7.39. The fourth-order valence-corrected chi connectivity index (χ4v) is 1.96. The average Bonchev–Trinajstić information content (AvgIpc) is 1.82. The Hall–Kier alpha value is -0.180. The summed E-state index contributed by atoms with van der Waals surface area (Å²) in [5.41, 5.74) is 0. The highest BCUT2D eigenvalue weighted by atomic mass is 19.3. The van der Waals surface area contributed by atoms with Crippen molar-refractivity contribution in [3.05, 3.63) is 0 Å². The summed E-state index contributed by atoms with van der Waals surface area (Å²) in [4.78, 5) is 0. The van der Waals surface area contributed by atoms with Crippen molar-refractivity contribution in [3.63, 3.8) is 0 Å². The number of hydrogen-bond donors (Lipinski definition) is 1. The fraction of sp³-hybridized carbons (Fsp3) is 1.00. The number of aliphatic hydroxyl groups is 1. The monoisotopic (exact) mass is 178 g/mol. The number of hydrogen-bond acceptors (Lipinski definition) is 1. The molecule has 1 fully saturated rings. The van der Waals surface area contributed by atoms with Crippen molar-refractivity contribution in [1.29, 1.82) is 0 Å². The first kappa shape index (κ1) is 9.90. The Bertz CT molecular complexity index is 145. The van der Waals surface area contributed by atoms with E-state index in [0.717, 1.165) is 6.42 Å². The molecule has 1 aliphatic rings. The minimum absolute atomic E-state index is 0.0220. The van der Waals surface area contributed by atoms with Crippen LogP contribution in [0.4, 0.5) is 8.78 Å². The van der Waals surface area contributed by atoms with Gasteiger partial charge in [0.2, 0.25) is 5.92 Å². The summed E-state index contributed by atoms with van der Waals surface area (Å²) in [5, 5.41) is 9.03. The SMILES string of the molecule is CC(O)CC1CCCC(F)(F)C1. The summed E-state index contributed by atoms with van der Waals surface area (Å²) in [6, 6.07) is 0. The molecule has 0 bridgehead atoms. The van der Waals surface area contributed by atoms with Gasteiger partial charge in [-0.15, -0.1) is 0 Å². The van der Waals surface area contributed by atoms with Crippen LogP contribution < -0.4 is 0 Å². The Kier molecular flexibility index (Phi) is 3.04. The second kappa shape index (κ2) is 3.69. The molecule has 0 heterocycles. The third-order valence-corrected chi connectivity index (χ3v) is 2.42. The molecule has 0 aliphatic heterocycles. The maximum absolute atomic E-state index is 12.8. The van der Waals surface area contributed by atoms with Gasteiger partial charge in [0.1, 0.15) is 0 Å². The van der Waals surface area contributed by atoms with E-state index in [1.165, 1.54) is 0 Å². The van der Waals surface area contributed by atoms with Crippen molar-refractivity contribution in [2.24, 2.45) is 5.92 Å². The highest BCUT2D eigenvalue weighted by molar-refractivity contribution is 4.79. The molecule has 2 unspecified atom stereocenters. The second-order valence-electron chi connectivity index (χ2n) is 3.90. The topological polar surface area (TPSA) is 20.2 Å². The van der Waals surface area contributed by atoms with Gasteiger partial charge in [-0.3, -0.25) is 0 Å². The molecule has 12 heavy (non-hydrogen) atoms. The molecule has 0 amide bonds. The van der Waals surface area contributed by atoms with E-state index in [9.17, 15) is 8.78 Å². The highest BCUT2D eigenvalue weighted by Crippen LogP contribution is 2.38. The lowest BCUT2D eigenvalue weighted by Gasteiger charge is -2.29. The van der Waals surface area contributed by atoms with Crippen molar-refractivity contribution < 1.29 is 13.9 Å². The van der Waals surface area contributed by atoms with E-state index in [2.05, 4.69) is 0 Å². The van der Waals surface area contributed by atoms with Crippen LogP contribution in [0.15, 0.2) is 0 Å². The standard InChI is InChI=1S/C9H16F2O/c1-7(12)5-8-3-2-4-9(10,11)6-8/h7-8,12H,2-6H2,1H3. The van der Waals surface area contributed by atoms with Crippen LogP contribution in [-0.2, 0) is 0 Å². The van der Waals surface area contributed by atoms with Gasteiger partial charge in [-0.25, -0.2) is 8.78 Å². The molecule has 1 N–H and O–H groups in total. The molecule has 1 rings (SSSR count). The molecule has 1 nitrogen and oxygen atoms in total. The molecule has 0 aromatic heterocycles. The first-order valence-corrected chi connectivity index (χ1v) is 4.55. The van der Waals surface area contributed by atoms with Crippen LogP contribution in [0.1, 0.15) is 39.0 Å². The van der Waals surface area contributed by atoms with E-state index in [1.54, 1.807) is 6.92 Å². The molecule has 1 saturated carbocycles. The minimum Gasteiger partial charge on any atom is -0.393 e. The minimum atomic E-state index is -2.47. The van der Waals surface area contributed by atoms with Crippen LogP contribution in [0.25, 0.3) is 0 Å². The second-order valence-corrected chi connectivity index (χ2v) is 3.90. The summed E-state index contributed by atoms with van der Waals surface area (Å²) in [7, 11) is 0. The molecule has 0 saturated heterocycles. The van der Waals surface area contributed by atoms with Gasteiger partial charge in [0, 0.05) is 12.8 Å². The van der Waals surface area contributed by atoms with E-state index < -0.39 is 12.0 Å². The van der Waals surface area contributed by atoms with E-state index in [-0.39, 0.29) is 18.8 Å². The largest absolute Gasteiger partial charge is 0.393 e. The molecule has 0 radical (unpaired) electrons. The molecule has 0 aromatic rings. The molecule has 2 atom stereocenters. The van der Waals surface area contributed by atoms with Crippen LogP contribution in [0.2, 0.25) is 0 Å². The Morgan fingerprint density at radius 2 is 2.25 bits per heavy atom. The number of aliphatic hydroxyl groups excluding tert-OH is 1. The van der Waals surface area contributed by atoms with Gasteiger partial charge in [-0.05, 0) is 32.1 Å². The average molecular weight is 178 g/mol. The highest BCUT2D eigenvalue weighted by Gasteiger charge is 2.36.